The normalized spacial score (nSPS) is 14.3. The number of hydrogen-bond donors (Lipinski definition) is 2. The van der Waals surface area contributed by atoms with Gasteiger partial charge in [-0.1, -0.05) is 18.0 Å². The largest absolute Gasteiger partial charge is 0.399 e. The standard InChI is InChI=1S/C16H19ClN4OS.2ClH/c17-14-8-11(18)4-5-13(14)15(22)20-16-19-12(10-23-16)9-21-6-2-1-3-7-21;;/h4-5,8,10H,1-3,6-7,9,18H2,(H,19,20,22);2*1H. The third kappa shape index (κ3) is 6.01. The van der Waals surface area contributed by atoms with Crippen molar-refractivity contribution in [2.45, 2.75) is 25.8 Å². The summed E-state index contributed by atoms with van der Waals surface area (Å²) in [6.07, 6.45) is 3.82. The van der Waals surface area contributed by atoms with Crippen molar-refractivity contribution in [1.29, 1.82) is 0 Å². The molecule has 1 saturated heterocycles. The van der Waals surface area contributed by atoms with E-state index in [2.05, 4.69) is 15.2 Å². The van der Waals surface area contributed by atoms with Crippen LogP contribution in [0.2, 0.25) is 5.02 Å². The minimum atomic E-state index is -0.270. The molecule has 9 heteroatoms. The Morgan fingerprint density at radius 3 is 2.68 bits per heavy atom. The molecule has 0 aliphatic carbocycles. The Labute approximate surface area is 168 Å². The molecule has 1 aromatic heterocycles. The van der Waals surface area contributed by atoms with Gasteiger partial charge in [0.1, 0.15) is 0 Å². The van der Waals surface area contributed by atoms with Crippen LogP contribution in [-0.2, 0) is 6.54 Å². The van der Waals surface area contributed by atoms with E-state index in [0.717, 1.165) is 25.3 Å². The van der Waals surface area contributed by atoms with Crippen molar-refractivity contribution in [1.82, 2.24) is 9.88 Å². The maximum Gasteiger partial charge on any atom is 0.258 e. The quantitative estimate of drug-likeness (QED) is 0.712. The van der Waals surface area contributed by atoms with Gasteiger partial charge in [-0.15, -0.1) is 36.2 Å². The fraction of sp³-hybridized carbons (Fsp3) is 0.375. The summed E-state index contributed by atoms with van der Waals surface area (Å²) in [6.45, 7) is 3.09. The maximum atomic E-state index is 12.3. The zero-order chi connectivity index (χ0) is 16.2. The average Bonchev–Trinajstić information content (AvgIpc) is 2.95. The lowest BCUT2D eigenvalue weighted by Crippen LogP contribution is -2.29. The molecule has 1 aliphatic rings. The van der Waals surface area contributed by atoms with Gasteiger partial charge in [0.05, 0.1) is 16.3 Å². The van der Waals surface area contributed by atoms with Crippen LogP contribution in [0.4, 0.5) is 10.8 Å². The Bertz CT molecular complexity index is 704. The number of hydrogen-bond acceptors (Lipinski definition) is 5. The summed E-state index contributed by atoms with van der Waals surface area (Å²) in [6, 6.07) is 4.85. The SMILES string of the molecule is Cl.Cl.Nc1ccc(C(=O)Nc2nc(CN3CCCCC3)cs2)c(Cl)c1. The Morgan fingerprint density at radius 1 is 1.28 bits per heavy atom. The van der Waals surface area contributed by atoms with Crippen LogP contribution in [0.3, 0.4) is 0 Å². The second-order valence-electron chi connectivity index (χ2n) is 5.67. The number of nitrogens with zero attached hydrogens (tertiary/aromatic N) is 2. The lowest BCUT2D eigenvalue weighted by molar-refractivity contribution is 0.102. The third-order valence-corrected chi connectivity index (χ3v) is 4.96. The first-order valence-corrected chi connectivity index (χ1v) is 8.91. The topological polar surface area (TPSA) is 71.2 Å². The van der Waals surface area contributed by atoms with Crippen molar-refractivity contribution in [2.75, 3.05) is 24.1 Å². The number of carbonyl (C=O) groups is 1. The Hall–Kier alpha value is -1.05. The summed E-state index contributed by atoms with van der Waals surface area (Å²) < 4.78 is 0. The molecular weight excluding hydrogens is 403 g/mol. The number of nitrogens with two attached hydrogens (primary N) is 1. The van der Waals surface area contributed by atoms with E-state index < -0.39 is 0 Å². The van der Waals surface area contributed by atoms with Crippen LogP contribution in [0.15, 0.2) is 23.6 Å². The average molecular weight is 424 g/mol. The smallest absolute Gasteiger partial charge is 0.258 e. The van der Waals surface area contributed by atoms with Crippen molar-refractivity contribution in [3.8, 4) is 0 Å². The van der Waals surface area contributed by atoms with Gasteiger partial charge in [-0.25, -0.2) is 4.98 Å². The molecule has 5 nitrogen and oxygen atoms in total. The van der Waals surface area contributed by atoms with Crippen LogP contribution in [0, 0.1) is 0 Å². The molecule has 1 amide bonds. The lowest BCUT2D eigenvalue weighted by Gasteiger charge is -2.25. The first-order valence-electron chi connectivity index (χ1n) is 7.65. The zero-order valence-corrected chi connectivity index (χ0v) is 16.7. The molecular formula is C16H21Cl3N4OS. The van der Waals surface area contributed by atoms with Crippen LogP contribution < -0.4 is 11.1 Å². The first-order chi connectivity index (χ1) is 11.1. The van der Waals surface area contributed by atoms with E-state index in [-0.39, 0.29) is 30.7 Å². The number of halogens is 3. The van der Waals surface area contributed by atoms with Crippen molar-refractivity contribution in [3.05, 3.63) is 39.9 Å². The molecule has 3 rings (SSSR count). The summed E-state index contributed by atoms with van der Waals surface area (Å²) in [4.78, 5) is 19.2. The highest BCUT2D eigenvalue weighted by Gasteiger charge is 2.15. The number of thiazole rings is 1. The summed E-state index contributed by atoms with van der Waals surface area (Å²) in [5.41, 5.74) is 7.57. The minimum Gasteiger partial charge on any atom is -0.399 e. The molecule has 0 bridgehead atoms. The van der Waals surface area contributed by atoms with Crippen LogP contribution in [-0.4, -0.2) is 28.9 Å². The number of likely N-dealkylation sites (tertiary alicyclic amines) is 1. The van der Waals surface area contributed by atoms with Gasteiger partial charge < -0.3 is 5.73 Å². The van der Waals surface area contributed by atoms with Crippen LogP contribution in [0.25, 0.3) is 0 Å². The number of piperidine rings is 1. The molecule has 138 valence electrons. The van der Waals surface area contributed by atoms with E-state index in [1.807, 2.05) is 5.38 Å². The van der Waals surface area contributed by atoms with Gasteiger partial charge in [0.2, 0.25) is 0 Å². The Kier molecular flexibility index (Phi) is 8.96. The molecule has 0 unspecified atom stereocenters. The first kappa shape index (κ1) is 22.0. The van der Waals surface area contributed by atoms with Crippen LogP contribution >= 0.6 is 47.8 Å². The molecule has 1 fully saturated rings. The molecule has 25 heavy (non-hydrogen) atoms. The molecule has 0 atom stereocenters. The van der Waals surface area contributed by atoms with Crippen molar-refractivity contribution in [2.24, 2.45) is 0 Å². The van der Waals surface area contributed by atoms with Crippen molar-refractivity contribution >= 4 is 64.5 Å². The van der Waals surface area contributed by atoms with E-state index in [0.29, 0.717) is 21.4 Å². The molecule has 3 N–H and O–H groups in total. The van der Waals surface area contributed by atoms with Gasteiger partial charge in [0.15, 0.2) is 5.13 Å². The highest BCUT2D eigenvalue weighted by molar-refractivity contribution is 7.14. The molecule has 0 saturated carbocycles. The maximum absolute atomic E-state index is 12.3. The zero-order valence-electron chi connectivity index (χ0n) is 13.5. The monoisotopic (exact) mass is 422 g/mol. The number of rotatable bonds is 4. The second-order valence-corrected chi connectivity index (χ2v) is 6.94. The molecule has 0 radical (unpaired) electrons. The number of nitrogens with one attached hydrogen (secondary N) is 1. The number of amides is 1. The van der Waals surface area contributed by atoms with Gasteiger partial charge >= 0.3 is 0 Å². The summed E-state index contributed by atoms with van der Waals surface area (Å²) >= 11 is 7.49. The Morgan fingerprint density at radius 2 is 2.00 bits per heavy atom. The van der Waals surface area contributed by atoms with E-state index in [1.165, 1.54) is 30.6 Å². The summed E-state index contributed by atoms with van der Waals surface area (Å²) in [5.74, 6) is -0.270. The van der Waals surface area contributed by atoms with Gasteiger partial charge in [-0.05, 0) is 44.1 Å². The van der Waals surface area contributed by atoms with Gasteiger partial charge in [0.25, 0.3) is 5.91 Å². The fourth-order valence-electron chi connectivity index (χ4n) is 2.66. The van der Waals surface area contributed by atoms with E-state index >= 15 is 0 Å². The van der Waals surface area contributed by atoms with E-state index in [1.54, 1.807) is 18.2 Å². The van der Waals surface area contributed by atoms with Crippen LogP contribution in [0.5, 0.6) is 0 Å². The van der Waals surface area contributed by atoms with Gasteiger partial charge in [-0.3, -0.25) is 15.0 Å². The van der Waals surface area contributed by atoms with Crippen molar-refractivity contribution < 1.29 is 4.79 Å². The molecule has 2 heterocycles. The molecule has 2 aromatic rings. The molecule has 1 aliphatic heterocycles. The predicted molar refractivity (Wildman–Crippen MR) is 110 cm³/mol. The minimum absolute atomic E-state index is 0. The molecule has 0 spiro atoms. The number of carbonyl (C=O) groups excluding carboxylic acids is 1. The highest BCUT2D eigenvalue weighted by atomic mass is 35.5. The summed E-state index contributed by atoms with van der Waals surface area (Å²) in [7, 11) is 0. The van der Waals surface area contributed by atoms with E-state index in [4.69, 9.17) is 17.3 Å². The summed E-state index contributed by atoms with van der Waals surface area (Å²) in [5, 5.41) is 5.73. The van der Waals surface area contributed by atoms with Gasteiger partial charge in [-0.2, -0.15) is 0 Å². The predicted octanol–water partition coefficient (Wildman–Crippen LogP) is 4.46. The highest BCUT2D eigenvalue weighted by Crippen LogP contribution is 2.23. The van der Waals surface area contributed by atoms with Crippen molar-refractivity contribution in [3.63, 3.8) is 0 Å². The van der Waals surface area contributed by atoms with E-state index in [9.17, 15) is 4.79 Å². The lowest BCUT2D eigenvalue weighted by atomic mass is 10.1. The van der Waals surface area contributed by atoms with Crippen LogP contribution in [0.1, 0.15) is 35.3 Å². The number of benzene rings is 1. The number of nitrogen functional groups attached to an aromatic ring is 1. The Balaban J connectivity index is 0.00000156. The fourth-order valence-corrected chi connectivity index (χ4v) is 3.63. The van der Waals surface area contributed by atoms with Gasteiger partial charge in [0, 0.05) is 17.6 Å². The number of aromatic nitrogens is 1. The second kappa shape index (κ2) is 10.2. The molecule has 1 aromatic carbocycles. The third-order valence-electron chi connectivity index (χ3n) is 3.84. The number of anilines is 2.